The second-order valence-corrected chi connectivity index (χ2v) is 8.31. The van der Waals surface area contributed by atoms with Gasteiger partial charge in [0.1, 0.15) is 5.72 Å². The molecule has 2 amide bonds. The number of likely N-dealkylation sites (tertiary alicyclic amines) is 1. The maximum Gasteiger partial charge on any atom is 0.328 e. The minimum atomic E-state index is -1.09. The summed E-state index contributed by atoms with van der Waals surface area (Å²) in [7, 11) is 0. The molecule has 31 heavy (non-hydrogen) atoms. The summed E-state index contributed by atoms with van der Waals surface area (Å²) in [6.07, 6.45) is 0.734. The predicted molar refractivity (Wildman–Crippen MR) is 114 cm³/mol. The zero-order valence-electron chi connectivity index (χ0n) is 17.7. The third-order valence-electron chi connectivity index (χ3n) is 6.16. The van der Waals surface area contributed by atoms with Gasteiger partial charge in [0.05, 0.1) is 6.61 Å². The smallest absolute Gasteiger partial charge is 0.328 e. The molecule has 0 aliphatic carbocycles. The van der Waals surface area contributed by atoms with Crippen LogP contribution >= 0.6 is 0 Å². The van der Waals surface area contributed by atoms with Crippen LogP contribution in [0, 0.1) is 13.8 Å². The topological polar surface area (TPSA) is 87.2 Å². The van der Waals surface area contributed by atoms with Crippen LogP contribution in [0.3, 0.4) is 0 Å². The van der Waals surface area contributed by atoms with Crippen molar-refractivity contribution in [2.45, 2.75) is 38.5 Å². The number of aryl methyl sites for hydroxylation is 2. The summed E-state index contributed by atoms with van der Waals surface area (Å²) in [4.78, 5) is 41.2. The van der Waals surface area contributed by atoms with Gasteiger partial charge in [-0.05, 0) is 38.1 Å². The molecule has 2 aromatic carbocycles. The van der Waals surface area contributed by atoms with Crippen LogP contribution in [0.5, 0.6) is 0 Å². The van der Waals surface area contributed by atoms with Gasteiger partial charge in [0.15, 0.2) is 6.04 Å². The highest BCUT2D eigenvalue weighted by molar-refractivity contribution is 5.98. The van der Waals surface area contributed by atoms with Crippen molar-refractivity contribution in [3.63, 3.8) is 0 Å². The van der Waals surface area contributed by atoms with Crippen LogP contribution in [-0.4, -0.2) is 64.2 Å². The molecular weight excluding hydrogens is 396 g/mol. The summed E-state index contributed by atoms with van der Waals surface area (Å²) in [6, 6.07) is 13.5. The van der Waals surface area contributed by atoms with Crippen LogP contribution in [0.1, 0.15) is 44.7 Å². The summed E-state index contributed by atoms with van der Waals surface area (Å²) >= 11 is 0. The molecule has 4 rings (SSSR count). The average molecular weight is 422 g/mol. The molecule has 0 unspecified atom stereocenters. The van der Waals surface area contributed by atoms with E-state index in [-0.39, 0.29) is 18.4 Å². The van der Waals surface area contributed by atoms with E-state index < -0.39 is 17.7 Å². The Balaban J connectivity index is 1.56. The molecule has 0 bridgehead atoms. The number of ether oxygens (including phenoxy) is 1. The maximum atomic E-state index is 13.4. The van der Waals surface area contributed by atoms with E-state index >= 15 is 0 Å². The number of carboxylic acids is 1. The Morgan fingerprint density at radius 1 is 0.935 bits per heavy atom. The lowest BCUT2D eigenvalue weighted by Crippen LogP contribution is -2.58. The molecule has 1 spiro atoms. The van der Waals surface area contributed by atoms with Crippen molar-refractivity contribution in [2.24, 2.45) is 0 Å². The van der Waals surface area contributed by atoms with E-state index in [0.717, 1.165) is 11.1 Å². The highest BCUT2D eigenvalue weighted by Gasteiger charge is 2.54. The number of benzene rings is 2. The normalized spacial score (nSPS) is 20.1. The van der Waals surface area contributed by atoms with Crippen LogP contribution in [0.4, 0.5) is 0 Å². The number of carbonyl (C=O) groups excluding carboxylic acids is 2. The number of carbonyl (C=O) groups is 3. The van der Waals surface area contributed by atoms with Crippen molar-refractivity contribution < 1.29 is 24.2 Å². The van der Waals surface area contributed by atoms with Crippen molar-refractivity contribution in [3.8, 4) is 0 Å². The van der Waals surface area contributed by atoms with Gasteiger partial charge in [-0.1, -0.05) is 35.4 Å². The van der Waals surface area contributed by atoms with Gasteiger partial charge in [-0.2, -0.15) is 0 Å². The van der Waals surface area contributed by atoms with Gasteiger partial charge in [0.25, 0.3) is 11.8 Å². The van der Waals surface area contributed by atoms with Crippen molar-refractivity contribution in [1.82, 2.24) is 9.80 Å². The van der Waals surface area contributed by atoms with E-state index in [2.05, 4.69) is 0 Å². The minimum absolute atomic E-state index is 0.0567. The van der Waals surface area contributed by atoms with Gasteiger partial charge < -0.3 is 14.7 Å². The summed E-state index contributed by atoms with van der Waals surface area (Å²) in [5.41, 5.74) is 2.04. The molecule has 7 nitrogen and oxygen atoms in total. The molecule has 0 aromatic heterocycles. The van der Waals surface area contributed by atoms with Gasteiger partial charge in [-0.15, -0.1) is 0 Å². The lowest BCUT2D eigenvalue weighted by Gasteiger charge is -2.44. The second kappa shape index (κ2) is 8.15. The average Bonchev–Trinajstić information content (AvgIpc) is 3.12. The Kier molecular flexibility index (Phi) is 5.54. The van der Waals surface area contributed by atoms with Gasteiger partial charge in [0.2, 0.25) is 0 Å². The highest BCUT2D eigenvalue weighted by Crippen LogP contribution is 2.38. The van der Waals surface area contributed by atoms with E-state index in [9.17, 15) is 19.5 Å². The molecular formula is C24H26N2O5. The number of aliphatic carboxylic acids is 1. The molecule has 1 N–H and O–H groups in total. The quantitative estimate of drug-likeness (QED) is 0.822. The Morgan fingerprint density at radius 2 is 1.61 bits per heavy atom. The second-order valence-electron chi connectivity index (χ2n) is 8.31. The Hall–Kier alpha value is -3.19. The zero-order valence-corrected chi connectivity index (χ0v) is 17.7. The highest BCUT2D eigenvalue weighted by atomic mass is 16.5. The van der Waals surface area contributed by atoms with Gasteiger partial charge in [0, 0.05) is 37.1 Å². The fraction of sp³-hybridized carbons (Fsp3) is 0.375. The van der Waals surface area contributed by atoms with Crippen LogP contribution in [0.2, 0.25) is 0 Å². The van der Waals surface area contributed by atoms with Crippen molar-refractivity contribution >= 4 is 17.8 Å². The lowest BCUT2D eigenvalue weighted by molar-refractivity contribution is -0.143. The van der Waals surface area contributed by atoms with Crippen LogP contribution < -0.4 is 0 Å². The number of rotatable bonds is 3. The molecule has 2 aliphatic rings. The first-order valence-corrected chi connectivity index (χ1v) is 10.4. The SMILES string of the molecule is Cc1ccc(C(=O)N2CCC3(CC2)OC[C@@H](C(=O)O)N3C(=O)c2cccc(C)c2)cc1. The number of carboxylic acid groups (broad SMARTS) is 1. The number of amides is 2. The Morgan fingerprint density at radius 3 is 2.23 bits per heavy atom. The van der Waals surface area contributed by atoms with Crippen molar-refractivity contribution in [3.05, 3.63) is 70.8 Å². The first-order chi connectivity index (χ1) is 14.8. The van der Waals surface area contributed by atoms with Crippen LogP contribution in [0.25, 0.3) is 0 Å². The van der Waals surface area contributed by atoms with Gasteiger partial charge in [-0.25, -0.2) is 4.79 Å². The standard InChI is InChI=1S/C24H26N2O5/c1-16-6-8-18(9-7-16)21(27)25-12-10-24(11-13-25)26(20(15-31-24)23(29)30)22(28)19-5-3-4-17(2)14-19/h3-9,14,20H,10-13,15H2,1-2H3,(H,29,30)/t20-/m0/s1. The first kappa shape index (κ1) is 21.1. The van der Waals surface area contributed by atoms with E-state index in [1.165, 1.54) is 4.90 Å². The molecule has 2 aliphatic heterocycles. The first-order valence-electron chi connectivity index (χ1n) is 10.4. The fourth-order valence-electron chi connectivity index (χ4n) is 4.41. The summed E-state index contributed by atoms with van der Waals surface area (Å²) < 4.78 is 5.98. The molecule has 2 aromatic rings. The van der Waals surface area contributed by atoms with E-state index in [0.29, 0.717) is 37.1 Å². The molecule has 2 saturated heterocycles. The van der Waals surface area contributed by atoms with Crippen LogP contribution in [0.15, 0.2) is 48.5 Å². The fourth-order valence-corrected chi connectivity index (χ4v) is 4.41. The summed E-state index contributed by atoms with van der Waals surface area (Å²) in [6.45, 7) is 4.57. The van der Waals surface area contributed by atoms with E-state index in [1.807, 2.05) is 44.2 Å². The minimum Gasteiger partial charge on any atom is -0.480 e. The maximum absolute atomic E-state index is 13.4. The molecule has 7 heteroatoms. The number of hydrogen-bond acceptors (Lipinski definition) is 4. The largest absolute Gasteiger partial charge is 0.480 e. The van der Waals surface area contributed by atoms with Gasteiger partial charge >= 0.3 is 5.97 Å². The van der Waals surface area contributed by atoms with Crippen molar-refractivity contribution in [2.75, 3.05) is 19.7 Å². The monoisotopic (exact) mass is 422 g/mol. The van der Waals surface area contributed by atoms with E-state index in [4.69, 9.17) is 4.74 Å². The third-order valence-corrected chi connectivity index (χ3v) is 6.16. The predicted octanol–water partition coefficient (Wildman–Crippen LogP) is 2.86. The zero-order chi connectivity index (χ0) is 22.2. The summed E-state index contributed by atoms with van der Waals surface area (Å²) in [5, 5.41) is 9.72. The Labute approximate surface area is 181 Å². The number of nitrogens with zero attached hydrogens (tertiary/aromatic N) is 2. The van der Waals surface area contributed by atoms with Crippen molar-refractivity contribution in [1.29, 1.82) is 0 Å². The Bertz CT molecular complexity index is 1010. The molecule has 0 radical (unpaired) electrons. The molecule has 0 saturated carbocycles. The lowest BCUT2D eigenvalue weighted by atomic mass is 9.96. The molecule has 2 fully saturated rings. The van der Waals surface area contributed by atoms with Gasteiger partial charge in [-0.3, -0.25) is 14.5 Å². The van der Waals surface area contributed by atoms with E-state index in [1.54, 1.807) is 23.1 Å². The molecule has 1 atom stereocenters. The number of piperidine rings is 1. The number of hydrogen-bond donors (Lipinski definition) is 1. The summed E-state index contributed by atoms with van der Waals surface area (Å²) in [5.74, 6) is -1.51. The molecule has 2 heterocycles. The molecule has 162 valence electrons. The van der Waals surface area contributed by atoms with Crippen LogP contribution in [-0.2, 0) is 9.53 Å². The third kappa shape index (κ3) is 3.93.